The molecule has 4 rings (SSSR count). The number of ether oxygens (including phenoxy) is 2. The first-order valence-corrected chi connectivity index (χ1v) is 11.0. The van der Waals surface area contributed by atoms with Gasteiger partial charge >= 0.3 is 0 Å². The molecule has 34 heavy (non-hydrogen) atoms. The highest BCUT2D eigenvalue weighted by molar-refractivity contribution is 6.37. The maximum atomic E-state index is 13.0. The predicted molar refractivity (Wildman–Crippen MR) is 133 cm³/mol. The average Bonchev–Trinajstić information content (AvgIpc) is 2.83. The monoisotopic (exact) mass is 496 g/mol. The van der Waals surface area contributed by atoms with Crippen LogP contribution in [-0.2, 0) is 6.61 Å². The number of methoxy groups -OCH3 is 1. The van der Waals surface area contributed by atoms with Crippen LogP contribution < -0.4 is 14.9 Å². The van der Waals surface area contributed by atoms with Gasteiger partial charge in [-0.05, 0) is 58.3 Å². The van der Waals surface area contributed by atoms with Gasteiger partial charge in [-0.15, -0.1) is 0 Å². The van der Waals surface area contributed by atoms with Crippen LogP contribution in [0.3, 0.4) is 0 Å². The molecule has 4 aromatic rings. The van der Waals surface area contributed by atoms with Gasteiger partial charge in [0.2, 0.25) is 0 Å². The second kappa shape index (κ2) is 10.5. The predicted octanol–water partition coefficient (Wildman–Crippen LogP) is 6.64. The van der Waals surface area contributed by atoms with Gasteiger partial charge in [-0.25, -0.2) is 9.82 Å². The van der Waals surface area contributed by atoms with Crippen LogP contribution in [0.1, 0.15) is 21.5 Å². The van der Waals surface area contributed by atoms with Gasteiger partial charge in [-0.3, -0.25) is 4.79 Å². The topological polar surface area (TPSA) is 59.9 Å². The molecule has 0 saturated heterocycles. The minimum Gasteiger partial charge on any atom is -0.496 e. The van der Waals surface area contributed by atoms with E-state index in [1.807, 2.05) is 24.3 Å². The minimum atomic E-state index is -0.421. The van der Waals surface area contributed by atoms with E-state index in [4.69, 9.17) is 32.7 Å². The van der Waals surface area contributed by atoms with E-state index in [2.05, 4.69) is 10.5 Å². The van der Waals surface area contributed by atoms with Crippen molar-refractivity contribution in [1.82, 2.24) is 5.43 Å². The van der Waals surface area contributed by atoms with Gasteiger partial charge < -0.3 is 9.47 Å². The molecule has 0 unspecified atom stereocenters. The highest BCUT2D eigenvalue weighted by Crippen LogP contribution is 2.34. The molecule has 0 heterocycles. The SMILES string of the molecule is COc1cc2ccccc2cc1C(=O)NN=Cc1cc(Cl)c(OCc2ccc(F)cc2)c(Cl)c1. The highest BCUT2D eigenvalue weighted by atomic mass is 35.5. The zero-order valence-corrected chi connectivity index (χ0v) is 19.5. The highest BCUT2D eigenvalue weighted by Gasteiger charge is 2.14. The summed E-state index contributed by atoms with van der Waals surface area (Å²) in [7, 11) is 1.51. The Hall–Kier alpha value is -3.61. The Labute approximate surface area is 205 Å². The fourth-order valence-electron chi connectivity index (χ4n) is 3.32. The molecule has 0 spiro atoms. The van der Waals surface area contributed by atoms with Crippen LogP contribution in [0.15, 0.2) is 77.9 Å². The fourth-order valence-corrected chi connectivity index (χ4v) is 3.93. The lowest BCUT2D eigenvalue weighted by molar-refractivity contribution is 0.0952. The van der Waals surface area contributed by atoms with Crippen LogP contribution in [0.4, 0.5) is 4.39 Å². The summed E-state index contributed by atoms with van der Waals surface area (Å²) in [4.78, 5) is 12.7. The van der Waals surface area contributed by atoms with Gasteiger partial charge in [-0.2, -0.15) is 5.10 Å². The summed E-state index contributed by atoms with van der Waals surface area (Å²) < 4.78 is 24.1. The van der Waals surface area contributed by atoms with Crippen LogP contribution in [0, 0.1) is 5.82 Å². The van der Waals surface area contributed by atoms with Gasteiger partial charge in [-0.1, -0.05) is 59.6 Å². The maximum absolute atomic E-state index is 13.0. The van der Waals surface area contributed by atoms with Crippen LogP contribution in [0.25, 0.3) is 10.8 Å². The number of benzene rings is 4. The summed E-state index contributed by atoms with van der Waals surface area (Å²) in [5.74, 6) is -0.000192. The van der Waals surface area contributed by atoms with Crippen molar-refractivity contribution in [3.63, 3.8) is 0 Å². The van der Waals surface area contributed by atoms with Crippen molar-refractivity contribution in [2.24, 2.45) is 5.10 Å². The van der Waals surface area contributed by atoms with E-state index >= 15 is 0 Å². The van der Waals surface area contributed by atoms with E-state index in [0.717, 1.165) is 16.3 Å². The van der Waals surface area contributed by atoms with Gasteiger partial charge in [0.25, 0.3) is 5.91 Å². The smallest absolute Gasteiger partial charge is 0.275 e. The molecule has 172 valence electrons. The Morgan fingerprint density at radius 1 is 1.00 bits per heavy atom. The third-order valence-electron chi connectivity index (χ3n) is 5.01. The van der Waals surface area contributed by atoms with E-state index in [9.17, 15) is 9.18 Å². The molecule has 0 fully saturated rings. The van der Waals surface area contributed by atoms with Crippen molar-refractivity contribution >= 4 is 46.1 Å². The zero-order chi connectivity index (χ0) is 24.1. The molecule has 0 saturated carbocycles. The number of hydrogen-bond donors (Lipinski definition) is 1. The standard InChI is InChI=1S/C26H19Cl2FN2O3/c1-33-24-13-19-5-3-2-4-18(19)12-21(24)26(32)31-30-14-17-10-22(27)25(23(28)11-17)34-15-16-6-8-20(29)9-7-16/h2-14H,15H2,1H3,(H,31,32). The molecule has 0 bridgehead atoms. The Morgan fingerprint density at radius 2 is 1.65 bits per heavy atom. The quantitative estimate of drug-likeness (QED) is 0.230. The summed E-state index contributed by atoms with van der Waals surface area (Å²) in [5.41, 5.74) is 4.19. The number of rotatable bonds is 7. The molecule has 8 heteroatoms. The van der Waals surface area contributed by atoms with E-state index < -0.39 is 5.91 Å². The molecule has 0 aliphatic heterocycles. The van der Waals surface area contributed by atoms with E-state index in [-0.39, 0.29) is 22.5 Å². The Bertz CT molecular complexity index is 1350. The number of nitrogens with one attached hydrogen (secondary N) is 1. The third kappa shape index (κ3) is 5.47. The van der Waals surface area contributed by atoms with Crippen molar-refractivity contribution < 1.29 is 18.7 Å². The number of hydrogen-bond acceptors (Lipinski definition) is 4. The number of fused-ring (bicyclic) bond motifs is 1. The number of halogens is 3. The molecular weight excluding hydrogens is 478 g/mol. The number of carbonyl (C=O) groups is 1. The number of carbonyl (C=O) groups excluding carboxylic acids is 1. The molecule has 0 atom stereocenters. The van der Waals surface area contributed by atoms with Gasteiger partial charge in [0, 0.05) is 0 Å². The van der Waals surface area contributed by atoms with Crippen LogP contribution in [0.5, 0.6) is 11.5 Å². The lowest BCUT2D eigenvalue weighted by atomic mass is 10.1. The summed E-state index contributed by atoms with van der Waals surface area (Å²) in [6.07, 6.45) is 1.42. The normalized spacial score (nSPS) is 11.1. The summed E-state index contributed by atoms with van der Waals surface area (Å²) in [6.45, 7) is 0.177. The molecule has 0 aliphatic carbocycles. The average molecular weight is 497 g/mol. The molecule has 5 nitrogen and oxygen atoms in total. The zero-order valence-electron chi connectivity index (χ0n) is 18.0. The first-order valence-electron chi connectivity index (χ1n) is 10.2. The Morgan fingerprint density at radius 3 is 2.29 bits per heavy atom. The summed E-state index contributed by atoms with van der Waals surface area (Å²) >= 11 is 12.6. The summed E-state index contributed by atoms with van der Waals surface area (Å²) in [5, 5.41) is 6.44. The number of nitrogens with zero attached hydrogens (tertiary/aromatic N) is 1. The van der Waals surface area contributed by atoms with E-state index in [1.165, 1.54) is 25.5 Å². The largest absolute Gasteiger partial charge is 0.496 e. The Balaban J connectivity index is 1.45. The Kier molecular flexibility index (Phi) is 7.30. The van der Waals surface area contributed by atoms with Crippen molar-refractivity contribution in [1.29, 1.82) is 0 Å². The van der Waals surface area contributed by atoms with Crippen LogP contribution >= 0.6 is 23.2 Å². The molecule has 4 aromatic carbocycles. The number of amides is 1. The maximum Gasteiger partial charge on any atom is 0.275 e. The lowest BCUT2D eigenvalue weighted by Gasteiger charge is -2.11. The van der Waals surface area contributed by atoms with Crippen molar-refractivity contribution in [3.8, 4) is 11.5 Å². The molecule has 1 amide bonds. The van der Waals surface area contributed by atoms with Gasteiger partial charge in [0.15, 0.2) is 5.75 Å². The van der Waals surface area contributed by atoms with Crippen molar-refractivity contribution in [3.05, 3.63) is 105 Å². The summed E-state index contributed by atoms with van der Waals surface area (Å²) in [6, 6.07) is 20.4. The molecule has 0 radical (unpaired) electrons. The first-order chi connectivity index (χ1) is 16.4. The second-order valence-corrected chi connectivity index (χ2v) is 8.14. The van der Waals surface area contributed by atoms with E-state index in [0.29, 0.717) is 22.6 Å². The molecule has 0 aliphatic rings. The molecular formula is C26H19Cl2FN2O3. The second-order valence-electron chi connectivity index (χ2n) is 7.33. The van der Waals surface area contributed by atoms with Crippen LogP contribution in [0.2, 0.25) is 10.0 Å². The number of hydrazone groups is 1. The third-order valence-corrected chi connectivity index (χ3v) is 5.57. The molecule has 1 N–H and O–H groups in total. The minimum absolute atomic E-state index is 0.177. The van der Waals surface area contributed by atoms with Crippen LogP contribution in [-0.4, -0.2) is 19.2 Å². The van der Waals surface area contributed by atoms with Crippen molar-refractivity contribution in [2.75, 3.05) is 7.11 Å². The van der Waals surface area contributed by atoms with E-state index in [1.54, 1.807) is 36.4 Å². The fraction of sp³-hybridized carbons (Fsp3) is 0.0769. The van der Waals surface area contributed by atoms with Gasteiger partial charge in [0.1, 0.15) is 18.2 Å². The van der Waals surface area contributed by atoms with Crippen molar-refractivity contribution in [2.45, 2.75) is 6.61 Å². The first kappa shape index (κ1) is 23.5. The lowest BCUT2D eigenvalue weighted by Crippen LogP contribution is -2.18. The molecule has 0 aromatic heterocycles. The van der Waals surface area contributed by atoms with Gasteiger partial charge in [0.05, 0.1) is 28.9 Å².